The van der Waals surface area contributed by atoms with E-state index in [4.69, 9.17) is 5.10 Å². The number of hydrogen-bond acceptors (Lipinski definition) is 5. The highest BCUT2D eigenvalue weighted by molar-refractivity contribution is 5.54. The summed E-state index contributed by atoms with van der Waals surface area (Å²) in [6.07, 6.45) is 7.92. The zero-order valence-corrected chi connectivity index (χ0v) is 16.2. The van der Waals surface area contributed by atoms with E-state index in [1.54, 1.807) is 4.52 Å². The molecule has 2 aliphatic rings. The molecule has 0 amide bonds. The molecule has 8 nitrogen and oxygen atoms in total. The Kier molecular flexibility index (Phi) is 3.14. The molecule has 1 unspecified atom stereocenters. The highest BCUT2D eigenvalue weighted by Gasteiger charge is 2.43. The van der Waals surface area contributed by atoms with Crippen LogP contribution < -0.4 is 0 Å². The number of nitrogens with zero attached hydrogens (tertiary/aromatic N) is 8. The third kappa shape index (κ3) is 2.47. The van der Waals surface area contributed by atoms with Crippen LogP contribution in [0.25, 0.3) is 17.3 Å². The second kappa shape index (κ2) is 5.50. The highest BCUT2D eigenvalue weighted by Crippen LogP contribution is 2.54. The summed E-state index contributed by atoms with van der Waals surface area (Å²) in [5.41, 5.74) is 5.35. The molecule has 0 aliphatic heterocycles. The van der Waals surface area contributed by atoms with Crippen LogP contribution in [0.4, 0.5) is 0 Å². The maximum atomic E-state index is 4.77. The first-order chi connectivity index (χ1) is 13.6. The molecule has 0 spiro atoms. The summed E-state index contributed by atoms with van der Waals surface area (Å²) in [5, 5.41) is 14.0. The normalized spacial score (nSPS) is 21.5. The van der Waals surface area contributed by atoms with Gasteiger partial charge in [0, 0.05) is 30.6 Å². The van der Waals surface area contributed by atoms with Crippen LogP contribution in [-0.4, -0.2) is 39.1 Å². The lowest BCUT2D eigenvalue weighted by Crippen LogP contribution is -1.98. The van der Waals surface area contributed by atoms with E-state index in [9.17, 15) is 0 Å². The van der Waals surface area contributed by atoms with Gasteiger partial charge in [-0.15, -0.1) is 5.10 Å². The standard InChI is InChI=1S/C20H22N8/c1-11-6-12(2)28-20(22-11)23-19(25-28)18-8-17(24-26(18)3)16-7-15(16)13-9-21-27(10-13)14-4-5-14/h6,8-10,14-16H,4-5,7H2,1-3H3/t15?,16-/m1/s1. The molecule has 28 heavy (non-hydrogen) atoms. The van der Waals surface area contributed by atoms with E-state index in [1.807, 2.05) is 37.8 Å². The van der Waals surface area contributed by atoms with Crippen molar-refractivity contribution in [2.75, 3.05) is 0 Å². The van der Waals surface area contributed by atoms with Gasteiger partial charge in [0.2, 0.25) is 5.82 Å². The summed E-state index contributed by atoms with van der Waals surface area (Å²) in [4.78, 5) is 9.12. The third-order valence-corrected chi connectivity index (χ3v) is 5.89. The van der Waals surface area contributed by atoms with Gasteiger partial charge >= 0.3 is 0 Å². The van der Waals surface area contributed by atoms with Crippen molar-refractivity contribution >= 4 is 5.78 Å². The van der Waals surface area contributed by atoms with Crippen LogP contribution in [0.5, 0.6) is 0 Å². The average molecular weight is 374 g/mol. The Balaban J connectivity index is 1.30. The Labute approximate surface area is 162 Å². The third-order valence-electron chi connectivity index (χ3n) is 5.89. The Morgan fingerprint density at radius 2 is 1.89 bits per heavy atom. The van der Waals surface area contributed by atoms with Gasteiger partial charge in [-0.2, -0.15) is 15.2 Å². The van der Waals surface area contributed by atoms with Gasteiger partial charge in [-0.05, 0) is 56.7 Å². The molecule has 2 saturated carbocycles. The molecule has 0 bridgehead atoms. The molecule has 8 heteroatoms. The minimum absolute atomic E-state index is 0.455. The molecule has 142 valence electrons. The molecule has 0 radical (unpaired) electrons. The van der Waals surface area contributed by atoms with Crippen molar-refractivity contribution in [2.45, 2.75) is 51.0 Å². The maximum absolute atomic E-state index is 4.77. The van der Waals surface area contributed by atoms with E-state index >= 15 is 0 Å². The first-order valence-corrected chi connectivity index (χ1v) is 9.86. The molecule has 2 atom stereocenters. The summed E-state index contributed by atoms with van der Waals surface area (Å²) >= 11 is 0. The highest BCUT2D eigenvalue weighted by atomic mass is 15.4. The average Bonchev–Trinajstić information content (AvgIpc) is 3.53. The minimum Gasteiger partial charge on any atom is -0.269 e. The number of rotatable bonds is 4. The first kappa shape index (κ1) is 16.0. The van der Waals surface area contributed by atoms with Crippen LogP contribution in [-0.2, 0) is 7.05 Å². The van der Waals surface area contributed by atoms with Crippen LogP contribution >= 0.6 is 0 Å². The second-order valence-corrected chi connectivity index (χ2v) is 8.20. The molecule has 2 aliphatic carbocycles. The fraction of sp³-hybridized carbons (Fsp3) is 0.450. The second-order valence-electron chi connectivity index (χ2n) is 8.20. The maximum Gasteiger partial charge on any atom is 0.253 e. The molecule has 4 aromatic rings. The summed E-state index contributed by atoms with van der Waals surface area (Å²) in [6.45, 7) is 3.99. The van der Waals surface area contributed by atoms with E-state index in [2.05, 4.69) is 37.1 Å². The zero-order valence-electron chi connectivity index (χ0n) is 16.2. The summed E-state index contributed by atoms with van der Waals surface area (Å²) < 4.78 is 5.81. The van der Waals surface area contributed by atoms with Gasteiger partial charge < -0.3 is 0 Å². The lowest BCUT2D eigenvalue weighted by atomic mass is 10.1. The zero-order chi connectivity index (χ0) is 19.0. The summed E-state index contributed by atoms with van der Waals surface area (Å²) in [7, 11) is 1.96. The SMILES string of the molecule is Cc1cc(C)n2nc(-c3cc([C@@H]4CC4c4cnn(C5CC5)c4)nn3C)nc2n1. The Hall–Kier alpha value is -3.03. The fourth-order valence-electron chi connectivity index (χ4n) is 4.13. The van der Waals surface area contributed by atoms with Crippen molar-refractivity contribution in [1.82, 2.24) is 39.1 Å². The van der Waals surface area contributed by atoms with Gasteiger partial charge in [0.15, 0.2) is 0 Å². The van der Waals surface area contributed by atoms with E-state index in [1.165, 1.54) is 18.4 Å². The van der Waals surface area contributed by atoms with Crippen LogP contribution in [0, 0.1) is 13.8 Å². The minimum atomic E-state index is 0.455. The van der Waals surface area contributed by atoms with Crippen LogP contribution in [0.3, 0.4) is 0 Å². The monoisotopic (exact) mass is 374 g/mol. The molecule has 4 aromatic heterocycles. The van der Waals surface area contributed by atoms with Crippen LogP contribution in [0.1, 0.15) is 59.8 Å². The molecule has 0 aromatic carbocycles. The molecular weight excluding hydrogens is 352 g/mol. The van der Waals surface area contributed by atoms with Gasteiger partial charge in [0.05, 0.1) is 17.9 Å². The lowest BCUT2D eigenvalue weighted by Gasteiger charge is -1.97. The van der Waals surface area contributed by atoms with Gasteiger partial charge in [-0.3, -0.25) is 9.36 Å². The first-order valence-electron chi connectivity index (χ1n) is 9.86. The molecule has 4 heterocycles. The van der Waals surface area contributed by atoms with Crippen molar-refractivity contribution in [3.05, 3.63) is 47.2 Å². The van der Waals surface area contributed by atoms with E-state index < -0.39 is 0 Å². The topological polar surface area (TPSA) is 78.7 Å². The summed E-state index contributed by atoms with van der Waals surface area (Å²) in [5.74, 6) is 2.28. The fourth-order valence-corrected chi connectivity index (χ4v) is 4.13. The molecule has 0 N–H and O–H groups in total. The van der Waals surface area contributed by atoms with E-state index in [0.29, 0.717) is 29.5 Å². The number of fused-ring (bicyclic) bond motifs is 1. The number of aryl methyl sites for hydroxylation is 3. The van der Waals surface area contributed by atoms with E-state index in [-0.39, 0.29) is 0 Å². The number of hydrogen-bond donors (Lipinski definition) is 0. The van der Waals surface area contributed by atoms with Crippen LogP contribution in [0.2, 0.25) is 0 Å². The Morgan fingerprint density at radius 1 is 1.04 bits per heavy atom. The molecule has 2 fully saturated rings. The summed E-state index contributed by atoms with van der Waals surface area (Å²) in [6, 6.07) is 4.78. The largest absolute Gasteiger partial charge is 0.269 e. The molecular formula is C20H22N8. The van der Waals surface area contributed by atoms with E-state index in [0.717, 1.165) is 29.2 Å². The van der Waals surface area contributed by atoms with Crippen molar-refractivity contribution in [1.29, 1.82) is 0 Å². The predicted octanol–water partition coefficient (Wildman–Crippen LogP) is 2.94. The van der Waals surface area contributed by atoms with Gasteiger partial charge in [-0.1, -0.05) is 0 Å². The van der Waals surface area contributed by atoms with Crippen molar-refractivity contribution in [3.8, 4) is 11.5 Å². The molecule has 0 saturated heterocycles. The van der Waals surface area contributed by atoms with Gasteiger partial charge in [-0.25, -0.2) is 9.50 Å². The van der Waals surface area contributed by atoms with Crippen molar-refractivity contribution < 1.29 is 0 Å². The Morgan fingerprint density at radius 3 is 2.71 bits per heavy atom. The van der Waals surface area contributed by atoms with Gasteiger partial charge in [0.1, 0.15) is 5.69 Å². The van der Waals surface area contributed by atoms with Crippen LogP contribution in [0.15, 0.2) is 24.5 Å². The Bertz CT molecular complexity index is 1210. The van der Waals surface area contributed by atoms with Crippen molar-refractivity contribution in [2.24, 2.45) is 7.05 Å². The quantitative estimate of drug-likeness (QED) is 0.549. The lowest BCUT2D eigenvalue weighted by molar-refractivity contribution is 0.641. The number of aromatic nitrogens is 8. The smallest absolute Gasteiger partial charge is 0.253 e. The van der Waals surface area contributed by atoms with Gasteiger partial charge in [0.25, 0.3) is 5.78 Å². The predicted molar refractivity (Wildman–Crippen MR) is 103 cm³/mol. The molecule has 6 rings (SSSR count). The van der Waals surface area contributed by atoms with Crippen molar-refractivity contribution in [3.63, 3.8) is 0 Å².